The maximum atomic E-state index is 12.5. The summed E-state index contributed by atoms with van der Waals surface area (Å²) in [5.74, 6) is 0.776. The Balaban J connectivity index is 0.00000243. The van der Waals surface area contributed by atoms with Gasteiger partial charge >= 0.3 is 0 Å². The van der Waals surface area contributed by atoms with Gasteiger partial charge in [-0.3, -0.25) is 4.79 Å². The molecule has 1 fully saturated rings. The van der Waals surface area contributed by atoms with Crippen LogP contribution in [-0.4, -0.2) is 53.7 Å². The molecule has 0 spiro atoms. The molecule has 0 radical (unpaired) electrons. The molecule has 1 aromatic rings. The van der Waals surface area contributed by atoms with Gasteiger partial charge in [-0.05, 0) is 56.0 Å². The molecule has 1 saturated carbocycles. The van der Waals surface area contributed by atoms with E-state index in [1.165, 1.54) is 10.4 Å². The first-order valence-corrected chi connectivity index (χ1v) is 10.1. The van der Waals surface area contributed by atoms with Gasteiger partial charge in [-0.2, -0.15) is 0 Å². The van der Waals surface area contributed by atoms with Crippen LogP contribution in [0.2, 0.25) is 0 Å². The summed E-state index contributed by atoms with van der Waals surface area (Å²) in [6.07, 6.45) is 4.31. The van der Waals surface area contributed by atoms with E-state index < -0.39 is 0 Å². The van der Waals surface area contributed by atoms with Crippen molar-refractivity contribution >= 4 is 47.2 Å². The fourth-order valence-electron chi connectivity index (χ4n) is 3.44. The molecule has 2 heterocycles. The van der Waals surface area contributed by atoms with Crippen molar-refractivity contribution in [3.8, 4) is 0 Å². The largest absolute Gasteiger partial charge is 0.393 e. The number of carbonyl (C=O) groups is 1. The summed E-state index contributed by atoms with van der Waals surface area (Å²) >= 11 is 1.78. The van der Waals surface area contributed by atoms with Crippen LogP contribution in [0.4, 0.5) is 0 Å². The summed E-state index contributed by atoms with van der Waals surface area (Å²) in [6.45, 7) is 4.44. The van der Waals surface area contributed by atoms with Crippen molar-refractivity contribution in [2.75, 3.05) is 19.6 Å². The Kier molecular flexibility index (Phi) is 8.62. The molecule has 3 N–H and O–H groups in total. The number of aliphatic hydroxyl groups excluding tert-OH is 1. The molecule has 1 aliphatic carbocycles. The van der Waals surface area contributed by atoms with Crippen LogP contribution in [-0.2, 0) is 17.8 Å². The molecule has 0 unspecified atom stereocenters. The maximum absolute atomic E-state index is 12.5. The Morgan fingerprint density at radius 3 is 2.88 bits per heavy atom. The molecular formula is C18H29IN4O2S. The van der Waals surface area contributed by atoms with Gasteiger partial charge in [0, 0.05) is 30.6 Å². The van der Waals surface area contributed by atoms with Gasteiger partial charge in [0.2, 0.25) is 5.91 Å². The van der Waals surface area contributed by atoms with Gasteiger partial charge in [0.15, 0.2) is 5.96 Å². The fraction of sp³-hybridized carbons (Fsp3) is 0.667. The molecule has 2 aliphatic rings. The number of amides is 1. The zero-order valence-electron chi connectivity index (χ0n) is 15.2. The van der Waals surface area contributed by atoms with E-state index in [-0.39, 0.29) is 42.5 Å². The number of hydrogen-bond donors (Lipinski definition) is 3. The zero-order chi connectivity index (χ0) is 17.6. The topological polar surface area (TPSA) is 77.0 Å². The third kappa shape index (κ3) is 5.82. The average molecular weight is 492 g/mol. The van der Waals surface area contributed by atoms with Crippen LogP contribution in [0.1, 0.15) is 43.0 Å². The molecule has 0 saturated heterocycles. The second-order valence-corrected chi connectivity index (χ2v) is 7.78. The predicted octanol–water partition coefficient (Wildman–Crippen LogP) is 2.11. The van der Waals surface area contributed by atoms with Crippen molar-refractivity contribution in [2.45, 2.75) is 57.7 Å². The maximum Gasteiger partial charge on any atom is 0.244 e. The van der Waals surface area contributed by atoms with E-state index >= 15 is 0 Å². The van der Waals surface area contributed by atoms with Gasteiger partial charge in [-0.25, -0.2) is 4.99 Å². The molecule has 0 atom stereocenters. The second-order valence-electron chi connectivity index (χ2n) is 6.78. The number of nitrogens with zero attached hydrogens (tertiary/aromatic N) is 2. The lowest BCUT2D eigenvalue weighted by atomic mass is 9.93. The van der Waals surface area contributed by atoms with Gasteiger partial charge in [-0.1, -0.05) is 0 Å². The van der Waals surface area contributed by atoms with Gasteiger partial charge in [0.05, 0.1) is 6.10 Å². The number of carbonyl (C=O) groups excluding carboxylic acids is 1. The van der Waals surface area contributed by atoms with Crippen LogP contribution < -0.4 is 10.6 Å². The Labute approximate surface area is 176 Å². The first-order chi connectivity index (χ1) is 12.2. The third-order valence-electron chi connectivity index (χ3n) is 4.91. The number of thiophene rings is 1. The zero-order valence-corrected chi connectivity index (χ0v) is 18.4. The van der Waals surface area contributed by atoms with E-state index in [0.717, 1.165) is 45.2 Å². The molecule has 8 heteroatoms. The number of fused-ring (bicyclic) bond motifs is 1. The van der Waals surface area contributed by atoms with Crippen molar-refractivity contribution < 1.29 is 9.90 Å². The van der Waals surface area contributed by atoms with Crippen LogP contribution in [0.5, 0.6) is 0 Å². The second kappa shape index (κ2) is 10.5. The van der Waals surface area contributed by atoms with Crippen molar-refractivity contribution in [1.29, 1.82) is 0 Å². The molecule has 146 valence electrons. The Morgan fingerprint density at radius 1 is 1.38 bits per heavy atom. The molecule has 1 aromatic heterocycles. The summed E-state index contributed by atoms with van der Waals surface area (Å²) in [4.78, 5) is 20.3. The molecule has 0 bridgehead atoms. The molecule has 26 heavy (non-hydrogen) atoms. The standard InChI is InChI=1S/C18H28N4O2S.HI/c1-2-19-18(21-14-3-5-15(23)6-4-14)20-11-17(24)22-9-7-16-13(12-22)8-10-25-16;/h8,10,14-15,23H,2-7,9,11-12H2,1H3,(H2,19,20,21);1H. The van der Waals surface area contributed by atoms with Gasteiger partial charge in [-0.15, -0.1) is 35.3 Å². The highest BCUT2D eigenvalue weighted by atomic mass is 127. The normalized spacial score (nSPS) is 23.0. The van der Waals surface area contributed by atoms with Gasteiger partial charge in [0.1, 0.15) is 6.54 Å². The highest BCUT2D eigenvalue weighted by Gasteiger charge is 2.22. The molecule has 0 aromatic carbocycles. The van der Waals surface area contributed by atoms with Crippen LogP contribution in [0.3, 0.4) is 0 Å². The lowest BCUT2D eigenvalue weighted by molar-refractivity contribution is -0.130. The smallest absolute Gasteiger partial charge is 0.244 e. The van der Waals surface area contributed by atoms with Gasteiger partial charge in [0.25, 0.3) is 0 Å². The Morgan fingerprint density at radius 2 is 2.15 bits per heavy atom. The van der Waals surface area contributed by atoms with Crippen LogP contribution in [0.15, 0.2) is 16.4 Å². The minimum atomic E-state index is -0.166. The van der Waals surface area contributed by atoms with Crippen LogP contribution in [0.25, 0.3) is 0 Å². The lowest BCUT2D eigenvalue weighted by Gasteiger charge is -2.28. The van der Waals surface area contributed by atoms with E-state index in [4.69, 9.17) is 0 Å². The Bertz CT molecular complexity index is 614. The van der Waals surface area contributed by atoms with Crippen molar-refractivity contribution in [2.24, 2.45) is 4.99 Å². The lowest BCUT2D eigenvalue weighted by Crippen LogP contribution is -2.46. The van der Waals surface area contributed by atoms with E-state index in [1.807, 2.05) is 11.8 Å². The third-order valence-corrected chi connectivity index (χ3v) is 5.94. The van der Waals surface area contributed by atoms with E-state index in [2.05, 4.69) is 27.1 Å². The van der Waals surface area contributed by atoms with Gasteiger partial charge < -0.3 is 20.6 Å². The summed E-state index contributed by atoms with van der Waals surface area (Å²) in [7, 11) is 0. The predicted molar refractivity (Wildman–Crippen MR) is 116 cm³/mol. The number of aliphatic hydroxyl groups is 1. The molecule has 1 aliphatic heterocycles. The molecule has 3 rings (SSSR count). The highest BCUT2D eigenvalue weighted by molar-refractivity contribution is 14.0. The average Bonchev–Trinajstić information content (AvgIpc) is 3.09. The number of halogens is 1. The first kappa shape index (κ1) is 21.4. The van der Waals surface area contributed by atoms with E-state index in [1.54, 1.807) is 11.3 Å². The summed E-state index contributed by atoms with van der Waals surface area (Å²) in [6, 6.07) is 2.44. The quantitative estimate of drug-likeness (QED) is 0.342. The highest BCUT2D eigenvalue weighted by Crippen LogP contribution is 2.24. The number of nitrogens with one attached hydrogen (secondary N) is 2. The van der Waals surface area contributed by atoms with Crippen molar-refractivity contribution in [3.63, 3.8) is 0 Å². The molecule has 1 amide bonds. The Hall–Kier alpha value is -0.870. The fourth-order valence-corrected chi connectivity index (χ4v) is 4.33. The van der Waals surface area contributed by atoms with E-state index in [0.29, 0.717) is 18.5 Å². The number of guanidine groups is 1. The van der Waals surface area contributed by atoms with Crippen LogP contribution in [0, 0.1) is 0 Å². The number of hydrogen-bond acceptors (Lipinski definition) is 4. The minimum Gasteiger partial charge on any atom is -0.393 e. The van der Waals surface area contributed by atoms with Crippen molar-refractivity contribution in [1.82, 2.24) is 15.5 Å². The SMILES string of the molecule is CCNC(=NCC(=O)N1CCc2sccc2C1)NC1CCC(O)CC1.I. The first-order valence-electron chi connectivity index (χ1n) is 9.21. The summed E-state index contributed by atoms with van der Waals surface area (Å²) in [5.41, 5.74) is 1.28. The monoisotopic (exact) mass is 492 g/mol. The molecular weight excluding hydrogens is 463 g/mol. The summed E-state index contributed by atoms with van der Waals surface area (Å²) in [5, 5.41) is 18.3. The number of aliphatic imine (C=N–C) groups is 1. The summed E-state index contributed by atoms with van der Waals surface area (Å²) < 4.78 is 0. The molecule has 6 nitrogen and oxygen atoms in total. The minimum absolute atomic E-state index is 0. The van der Waals surface area contributed by atoms with Crippen LogP contribution >= 0.6 is 35.3 Å². The van der Waals surface area contributed by atoms with Crippen molar-refractivity contribution in [3.05, 3.63) is 21.9 Å². The van der Waals surface area contributed by atoms with E-state index in [9.17, 15) is 9.90 Å². The number of rotatable bonds is 4.